The number of hydrogen-bond donors (Lipinski definition) is 1. The van der Waals surface area contributed by atoms with E-state index in [9.17, 15) is 4.79 Å². The molecule has 1 aliphatic carbocycles. The molecule has 2 aromatic carbocycles. The van der Waals surface area contributed by atoms with E-state index in [0.717, 1.165) is 53.8 Å². The lowest BCUT2D eigenvalue weighted by Crippen LogP contribution is -2.28. The number of benzene rings is 2. The Labute approximate surface area is 212 Å². The Morgan fingerprint density at radius 3 is 2.42 bits per heavy atom. The maximum Gasteiger partial charge on any atom is 0.328 e. The molecule has 2 aromatic heterocycles. The van der Waals surface area contributed by atoms with Gasteiger partial charge in [0.15, 0.2) is 5.82 Å². The van der Waals surface area contributed by atoms with Crippen LogP contribution in [0.2, 0.25) is 0 Å². The number of hydrogen-bond acceptors (Lipinski definition) is 4. The Morgan fingerprint density at radius 1 is 0.972 bits per heavy atom. The van der Waals surface area contributed by atoms with Crippen LogP contribution in [0.25, 0.3) is 22.5 Å². The summed E-state index contributed by atoms with van der Waals surface area (Å²) in [4.78, 5) is 13.6. The molecule has 188 valence electrons. The number of unbranched alkanes of at least 4 members (excludes halogenated alkanes) is 1. The Bertz CT molecular complexity index is 1330. The summed E-state index contributed by atoms with van der Waals surface area (Å²) in [7, 11) is 0. The molecule has 0 saturated heterocycles. The first kappa shape index (κ1) is 24.2. The lowest BCUT2D eigenvalue weighted by atomic mass is 9.89. The molecule has 1 fully saturated rings. The summed E-state index contributed by atoms with van der Waals surface area (Å²) >= 11 is 0. The van der Waals surface area contributed by atoms with Crippen LogP contribution >= 0.6 is 0 Å². The van der Waals surface area contributed by atoms with E-state index < -0.39 is 0 Å². The maximum atomic E-state index is 13.6. The van der Waals surface area contributed by atoms with Gasteiger partial charge in [0.25, 0.3) is 0 Å². The topological polar surface area (TPSA) is 81.4 Å². The molecule has 7 nitrogen and oxygen atoms in total. The SMILES string of the molecule is CCCCc1c(C)n(CC2CCCCC2)c(=O)n1Cc1ccc(-c2ccccc2-c2nnn[nH]2)cc1. The molecule has 0 amide bonds. The summed E-state index contributed by atoms with van der Waals surface area (Å²) in [6, 6.07) is 16.6. The molecular weight excluding hydrogens is 448 g/mol. The van der Waals surface area contributed by atoms with Crippen molar-refractivity contribution in [3.63, 3.8) is 0 Å². The number of nitrogens with zero attached hydrogens (tertiary/aromatic N) is 5. The normalized spacial score (nSPS) is 14.4. The quantitative estimate of drug-likeness (QED) is 0.327. The molecule has 0 bridgehead atoms. The fourth-order valence-electron chi connectivity index (χ4n) is 5.61. The van der Waals surface area contributed by atoms with Gasteiger partial charge in [0.05, 0.1) is 6.54 Å². The first-order chi connectivity index (χ1) is 17.7. The predicted octanol–water partition coefficient (Wildman–Crippen LogP) is 5.78. The van der Waals surface area contributed by atoms with Crippen LogP contribution in [0.3, 0.4) is 0 Å². The second-order valence-electron chi connectivity index (χ2n) is 10.1. The van der Waals surface area contributed by atoms with E-state index in [1.54, 1.807) is 0 Å². The zero-order valence-corrected chi connectivity index (χ0v) is 21.4. The van der Waals surface area contributed by atoms with Crippen LogP contribution in [0.15, 0.2) is 53.3 Å². The molecule has 0 spiro atoms. The van der Waals surface area contributed by atoms with Crippen LogP contribution in [0.4, 0.5) is 0 Å². The van der Waals surface area contributed by atoms with Crippen LogP contribution in [-0.2, 0) is 19.5 Å². The minimum Gasteiger partial charge on any atom is -0.296 e. The Kier molecular flexibility index (Phi) is 7.44. The summed E-state index contributed by atoms with van der Waals surface area (Å²) in [6.07, 6.45) is 9.59. The first-order valence-electron chi connectivity index (χ1n) is 13.4. The second kappa shape index (κ2) is 11.1. The number of H-pyrrole nitrogens is 1. The van der Waals surface area contributed by atoms with Crippen molar-refractivity contribution in [1.29, 1.82) is 0 Å². The molecule has 0 radical (unpaired) electrons. The third kappa shape index (κ3) is 5.06. The number of rotatable bonds is 9. The van der Waals surface area contributed by atoms with Crippen molar-refractivity contribution < 1.29 is 0 Å². The second-order valence-corrected chi connectivity index (χ2v) is 10.1. The van der Waals surface area contributed by atoms with Crippen LogP contribution in [-0.4, -0.2) is 29.8 Å². The molecule has 1 saturated carbocycles. The van der Waals surface area contributed by atoms with E-state index in [2.05, 4.69) is 69.4 Å². The third-order valence-electron chi connectivity index (χ3n) is 7.68. The molecule has 2 heterocycles. The van der Waals surface area contributed by atoms with Gasteiger partial charge < -0.3 is 0 Å². The highest BCUT2D eigenvalue weighted by atomic mass is 16.1. The monoisotopic (exact) mass is 484 g/mol. The highest BCUT2D eigenvalue weighted by molar-refractivity contribution is 5.80. The fraction of sp³-hybridized carbons (Fsp3) is 0.448. The average Bonchev–Trinajstić information content (AvgIpc) is 3.53. The van der Waals surface area contributed by atoms with Crippen molar-refractivity contribution in [3.8, 4) is 22.5 Å². The van der Waals surface area contributed by atoms with Crippen LogP contribution < -0.4 is 5.69 Å². The van der Waals surface area contributed by atoms with Crippen molar-refractivity contribution >= 4 is 0 Å². The number of nitrogens with one attached hydrogen (secondary N) is 1. The van der Waals surface area contributed by atoms with Crippen molar-refractivity contribution in [1.82, 2.24) is 29.8 Å². The third-order valence-corrected chi connectivity index (χ3v) is 7.68. The Balaban J connectivity index is 1.42. The highest BCUT2D eigenvalue weighted by Gasteiger charge is 2.21. The van der Waals surface area contributed by atoms with Crippen molar-refractivity contribution in [2.45, 2.75) is 78.3 Å². The highest BCUT2D eigenvalue weighted by Crippen LogP contribution is 2.30. The minimum atomic E-state index is 0.149. The minimum absolute atomic E-state index is 0.149. The Morgan fingerprint density at radius 2 is 1.72 bits per heavy atom. The summed E-state index contributed by atoms with van der Waals surface area (Å²) in [6.45, 7) is 5.82. The molecular formula is C29H36N6O. The van der Waals surface area contributed by atoms with Gasteiger partial charge >= 0.3 is 5.69 Å². The average molecular weight is 485 g/mol. The van der Waals surface area contributed by atoms with Gasteiger partial charge in [-0.15, -0.1) is 5.10 Å². The Hall–Kier alpha value is -3.48. The van der Waals surface area contributed by atoms with Crippen LogP contribution in [0, 0.1) is 12.8 Å². The number of tetrazole rings is 1. The fourth-order valence-corrected chi connectivity index (χ4v) is 5.61. The lowest BCUT2D eigenvalue weighted by Gasteiger charge is -2.22. The molecule has 1 N–H and O–H groups in total. The molecule has 0 atom stereocenters. The zero-order valence-electron chi connectivity index (χ0n) is 21.4. The van der Waals surface area contributed by atoms with E-state index >= 15 is 0 Å². The van der Waals surface area contributed by atoms with E-state index in [4.69, 9.17) is 0 Å². The number of aromatic amines is 1. The number of imidazole rings is 1. The first-order valence-corrected chi connectivity index (χ1v) is 13.4. The summed E-state index contributed by atoms with van der Waals surface area (Å²) in [5, 5.41) is 14.4. The van der Waals surface area contributed by atoms with E-state index in [0.29, 0.717) is 18.3 Å². The van der Waals surface area contributed by atoms with Gasteiger partial charge in [0, 0.05) is 23.5 Å². The van der Waals surface area contributed by atoms with Gasteiger partial charge in [-0.2, -0.15) is 0 Å². The molecule has 36 heavy (non-hydrogen) atoms. The molecule has 0 unspecified atom stereocenters. The summed E-state index contributed by atoms with van der Waals surface area (Å²) in [5.41, 5.74) is 6.76. The summed E-state index contributed by atoms with van der Waals surface area (Å²) < 4.78 is 4.09. The number of aromatic nitrogens is 6. The van der Waals surface area contributed by atoms with Gasteiger partial charge in [0.2, 0.25) is 0 Å². The smallest absolute Gasteiger partial charge is 0.296 e. The standard InChI is InChI=1S/C29H36N6O/c1-3-4-14-27-21(2)34(19-22-10-6-5-7-11-22)29(36)35(27)20-23-15-17-24(18-16-23)25-12-8-9-13-26(25)28-30-32-33-31-28/h8-9,12-13,15-18,22H,3-7,10-11,14,19-20H2,1-2H3,(H,30,31,32,33). The van der Waals surface area contributed by atoms with Gasteiger partial charge in [-0.25, -0.2) is 9.89 Å². The van der Waals surface area contributed by atoms with E-state index in [1.807, 2.05) is 22.8 Å². The van der Waals surface area contributed by atoms with Gasteiger partial charge in [-0.05, 0) is 65.6 Å². The lowest BCUT2D eigenvalue weighted by molar-refractivity contribution is 0.313. The predicted molar refractivity (Wildman–Crippen MR) is 143 cm³/mol. The van der Waals surface area contributed by atoms with Gasteiger partial charge in [-0.1, -0.05) is 81.1 Å². The van der Waals surface area contributed by atoms with Crippen LogP contribution in [0.1, 0.15) is 68.8 Å². The maximum absolute atomic E-state index is 13.6. The van der Waals surface area contributed by atoms with Crippen molar-refractivity contribution in [2.24, 2.45) is 5.92 Å². The largest absolute Gasteiger partial charge is 0.328 e. The van der Waals surface area contributed by atoms with Crippen molar-refractivity contribution in [2.75, 3.05) is 0 Å². The molecule has 5 rings (SSSR count). The van der Waals surface area contributed by atoms with Gasteiger partial charge in [-0.3, -0.25) is 9.13 Å². The zero-order chi connectivity index (χ0) is 24.9. The summed E-state index contributed by atoms with van der Waals surface area (Å²) in [5.74, 6) is 1.28. The van der Waals surface area contributed by atoms with E-state index in [1.165, 1.54) is 37.8 Å². The molecule has 4 aromatic rings. The van der Waals surface area contributed by atoms with E-state index in [-0.39, 0.29) is 5.69 Å². The molecule has 0 aliphatic heterocycles. The van der Waals surface area contributed by atoms with Crippen molar-refractivity contribution in [3.05, 3.63) is 76.0 Å². The molecule has 7 heteroatoms. The van der Waals surface area contributed by atoms with Crippen LogP contribution in [0.5, 0.6) is 0 Å². The van der Waals surface area contributed by atoms with Gasteiger partial charge in [0.1, 0.15) is 0 Å². The molecule has 1 aliphatic rings.